The number of para-hydroxylation sites is 1. The van der Waals surface area contributed by atoms with E-state index in [1.807, 2.05) is 64.7 Å². The summed E-state index contributed by atoms with van der Waals surface area (Å²) >= 11 is 3.26. The van der Waals surface area contributed by atoms with Crippen LogP contribution in [0.2, 0.25) is 0 Å². The second-order valence-corrected chi connectivity index (χ2v) is 10.3. The predicted octanol–water partition coefficient (Wildman–Crippen LogP) is 4.55. The van der Waals surface area contributed by atoms with Crippen LogP contribution in [0.4, 0.5) is 0 Å². The van der Waals surface area contributed by atoms with E-state index < -0.39 is 5.54 Å². The summed E-state index contributed by atoms with van der Waals surface area (Å²) in [6.07, 6.45) is 0.716. The highest BCUT2D eigenvalue weighted by Gasteiger charge is 2.47. The van der Waals surface area contributed by atoms with Gasteiger partial charge in [-0.3, -0.25) is 9.59 Å². The molecule has 8 heteroatoms. The van der Waals surface area contributed by atoms with Crippen molar-refractivity contribution in [2.75, 3.05) is 13.7 Å². The minimum Gasteiger partial charge on any atom is -0.496 e. The third-order valence-electron chi connectivity index (χ3n) is 6.31. The van der Waals surface area contributed by atoms with Crippen LogP contribution in [-0.4, -0.2) is 40.5 Å². The van der Waals surface area contributed by atoms with Gasteiger partial charge in [-0.25, -0.2) is 0 Å². The molecule has 1 N–H and O–H groups in total. The Morgan fingerprint density at radius 3 is 2.79 bits per heavy atom. The topological polar surface area (TPSA) is 63.6 Å². The van der Waals surface area contributed by atoms with Crippen LogP contribution in [0.15, 0.2) is 59.3 Å². The number of amides is 2. The molecule has 1 aromatic carbocycles. The first-order valence-corrected chi connectivity index (χ1v) is 12.6. The van der Waals surface area contributed by atoms with E-state index in [-0.39, 0.29) is 11.8 Å². The van der Waals surface area contributed by atoms with Gasteiger partial charge in [-0.15, -0.1) is 22.7 Å². The van der Waals surface area contributed by atoms with E-state index in [2.05, 4.69) is 11.4 Å². The number of aromatic nitrogens is 1. The van der Waals surface area contributed by atoms with Crippen LogP contribution in [-0.2, 0) is 24.3 Å². The molecule has 0 saturated carbocycles. The van der Waals surface area contributed by atoms with Crippen molar-refractivity contribution < 1.29 is 14.3 Å². The van der Waals surface area contributed by atoms with Crippen LogP contribution in [0.3, 0.4) is 0 Å². The average Bonchev–Trinajstić information content (AvgIpc) is 3.56. The van der Waals surface area contributed by atoms with E-state index in [0.29, 0.717) is 31.7 Å². The zero-order valence-electron chi connectivity index (χ0n) is 18.5. The van der Waals surface area contributed by atoms with Crippen molar-refractivity contribution in [3.05, 3.63) is 75.4 Å². The summed E-state index contributed by atoms with van der Waals surface area (Å²) in [7, 11) is 1.62. The first-order valence-electron chi connectivity index (χ1n) is 10.8. The van der Waals surface area contributed by atoms with Crippen LogP contribution < -0.4 is 10.1 Å². The quantitative estimate of drug-likeness (QED) is 0.423. The van der Waals surface area contributed by atoms with Gasteiger partial charge in [-0.2, -0.15) is 0 Å². The Kier molecular flexibility index (Phi) is 5.72. The Hall–Kier alpha value is -3.10. The third kappa shape index (κ3) is 3.83. The number of ether oxygens (including phenoxy) is 1. The van der Waals surface area contributed by atoms with E-state index in [4.69, 9.17) is 4.74 Å². The summed E-state index contributed by atoms with van der Waals surface area (Å²) in [6, 6.07) is 15.7. The maximum absolute atomic E-state index is 13.7. The minimum absolute atomic E-state index is 0.101. The lowest BCUT2D eigenvalue weighted by molar-refractivity contribution is -0.133. The van der Waals surface area contributed by atoms with E-state index in [9.17, 15) is 9.59 Å². The van der Waals surface area contributed by atoms with Crippen LogP contribution in [0.25, 0.3) is 10.2 Å². The number of hydrogen-bond donors (Lipinski definition) is 1. The summed E-state index contributed by atoms with van der Waals surface area (Å²) in [6.45, 7) is 3.11. The van der Waals surface area contributed by atoms with Crippen molar-refractivity contribution >= 4 is 44.7 Å². The zero-order chi connectivity index (χ0) is 23.0. The van der Waals surface area contributed by atoms with Crippen molar-refractivity contribution in [1.82, 2.24) is 14.8 Å². The number of methoxy groups -OCH3 is 1. The third-order valence-corrected chi connectivity index (χ3v) is 8.20. The average molecular weight is 480 g/mol. The van der Waals surface area contributed by atoms with Crippen LogP contribution in [0, 0.1) is 0 Å². The number of benzene rings is 1. The van der Waals surface area contributed by atoms with Crippen LogP contribution in [0.5, 0.6) is 5.75 Å². The number of carbonyl (C=O) groups excluding carboxylic acids is 2. The normalized spacial score (nSPS) is 17.9. The molecule has 1 aliphatic heterocycles. The SMILES string of the molecule is COc1ccccc1CNC(=O)[C@@]1(C)Cn2c(cc3ccsc32)C(=O)N1CCc1cccs1. The molecule has 3 aromatic heterocycles. The number of rotatable bonds is 7. The summed E-state index contributed by atoms with van der Waals surface area (Å²) in [5.74, 6) is 0.457. The van der Waals surface area contributed by atoms with E-state index >= 15 is 0 Å². The summed E-state index contributed by atoms with van der Waals surface area (Å²) in [5, 5.41) is 8.17. The number of nitrogens with one attached hydrogen (secondary N) is 1. The van der Waals surface area contributed by atoms with Crippen molar-refractivity contribution in [2.24, 2.45) is 0 Å². The molecule has 6 nitrogen and oxygen atoms in total. The number of fused-ring (bicyclic) bond motifs is 3. The van der Waals surface area contributed by atoms with E-state index in [1.165, 1.54) is 4.88 Å². The first-order chi connectivity index (χ1) is 16.0. The predicted molar refractivity (Wildman–Crippen MR) is 132 cm³/mol. The second kappa shape index (κ2) is 8.68. The molecule has 4 aromatic rings. The second-order valence-electron chi connectivity index (χ2n) is 8.35. The Balaban J connectivity index is 1.46. The molecule has 0 fully saturated rings. The number of hydrogen-bond acceptors (Lipinski definition) is 5. The fourth-order valence-electron chi connectivity index (χ4n) is 4.50. The Bertz CT molecular complexity index is 1310. The minimum atomic E-state index is -1.01. The van der Waals surface area contributed by atoms with Crippen molar-refractivity contribution in [2.45, 2.75) is 32.0 Å². The molecule has 170 valence electrons. The molecule has 0 radical (unpaired) electrons. The summed E-state index contributed by atoms with van der Waals surface area (Å²) in [5.41, 5.74) is 0.531. The van der Waals surface area contributed by atoms with Gasteiger partial charge in [0.2, 0.25) is 5.91 Å². The van der Waals surface area contributed by atoms with Gasteiger partial charge < -0.3 is 19.5 Å². The molecular weight excluding hydrogens is 454 g/mol. The Labute approximate surface area is 200 Å². The largest absolute Gasteiger partial charge is 0.496 e. The summed E-state index contributed by atoms with van der Waals surface area (Å²) < 4.78 is 7.43. The smallest absolute Gasteiger partial charge is 0.271 e. The van der Waals surface area contributed by atoms with Gasteiger partial charge in [0.05, 0.1) is 13.7 Å². The molecule has 0 bridgehead atoms. The maximum Gasteiger partial charge on any atom is 0.271 e. The first kappa shape index (κ1) is 21.7. The maximum atomic E-state index is 13.7. The molecule has 4 heterocycles. The fraction of sp³-hybridized carbons (Fsp3) is 0.280. The van der Waals surface area contributed by atoms with Gasteiger partial charge in [0.25, 0.3) is 5.91 Å². The highest BCUT2D eigenvalue weighted by atomic mass is 32.1. The number of nitrogens with zero attached hydrogens (tertiary/aromatic N) is 2. The molecular formula is C25H25N3O3S2. The lowest BCUT2D eigenvalue weighted by Gasteiger charge is -2.44. The van der Waals surface area contributed by atoms with Gasteiger partial charge in [0.1, 0.15) is 21.8 Å². The lowest BCUT2D eigenvalue weighted by atomic mass is 9.94. The molecule has 0 aliphatic carbocycles. The number of thiophene rings is 2. The molecule has 5 rings (SSSR count). The van der Waals surface area contributed by atoms with Crippen molar-refractivity contribution in [1.29, 1.82) is 0 Å². The van der Waals surface area contributed by atoms with Gasteiger partial charge in [-0.1, -0.05) is 24.3 Å². The summed E-state index contributed by atoms with van der Waals surface area (Å²) in [4.78, 5) is 31.3. The lowest BCUT2D eigenvalue weighted by Crippen LogP contribution is -2.64. The molecule has 1 atom stereocenters. The number of carbonyl (C=O) groups is 2. The van der Waals surface area contributed by atoms with Gasteiger partial charge >= 0.3 is 0 Å². The molecule has 1 aliphatic rings. The molecule has 33 heavy (non-hydrogen) atoms. The van der Waals surface area contributed by atoms with E-state index in [0.717, 1.165) is 21.5 Å². The van der Waals surface area contributed by atoms with Crippen LogP contribution in [0.1, 0.15) is 27.9 Å². The Morgan fingerprint density at radius 1 is 1.15 bits per heavy atom. The van der Waals surface area contributed by atoms with Crippen LogP contribution >= 0.6 is 22.7 Å². The molecule has 0 unspecified atom stereocenters. The zero-order valence-corrected chi connectivity index (χ0v) is 20.2. The van der Waals surface area contributed by atoms with Crippen molar-refractivity contribution in [3.8, 4) is 5.75 Å². The monoisotopic (exact) mass is 479 g/mol. The van der Waals surface area contributed by atoms with Gasteiger partial charge in [0.15, 0.2) is 0 Å². The highest BCUT2D eigenvalue weighted by molar-refractivity contribution is 7.16. The van der Waals surface area contributed by atoms with Gasteiger partial charge in [-0.05, 0) is 48.4 Å². The molecule has 0 spiro atoms. The fourth-order valence-corrected chi connectivity index (χ4v) is 6.09. The Morgan fingerprint density at radius 2 is 2.00 bits per heavy atom. The standard InChI is InChI=1S/C25H25N3O3S2/c1-25(24(30)26-15-18-6-3-4-8-21(18)31-2)16-27-20(14-17-10-13-33-23(17)27)22(29)28(25)11-9-19-7-5-12-32-19/h3-8,10,12-14H,9,11,15-16H2,1-2H3,(H,26,30)/t25-/m1/s1. The highest BCUT2D eigenvalue weighted by Crippen LogP contribution is 2.35. The molecule has 0 saturated heterocycles. The van der Waals surface area contributed by atoms with Gasteiger partial charge in [0, 0.05) is 28.9 Å². The van der Waals surface area contributed by atoms with E-state index in [1.54, 1.807) is 34.7 Å². The van der Waals surface area contributed by atoms with Crippen molar-refractivity contribution in [3.63, 3.8) is 0 Å². The molecule has 2 amide bonds.